The van der Waals surface area contributed by atoms with E-state index in [2.05, 4.69) is 62.2 Å². The second-order valence-corrected chi connectivity index (χ2v) is 6.26. The van der Waals surface area contributed by atoms with Crippen molar-refractivity contribution in [2.75, 3.05) is 13.1 Å². The maximum Gasteiger partial charge on any atom is 0.0304 e. The first kappa shape index (κ1) is 15.5. The second kappa shape index (κ2) is 6.73. The Morgan fingerprint density at radius 3 is 2.50 bits per heavy atom. The summed E-state index contributed by atoms with van der Waals surface area (Å²) < 4.78 is 0. The van der Waals surface area contributed by atoms with Gasteiger partial charge >= 0.3 is 0 Å². The summed E-state index contributed by atoms with van der Waals surface area (Å²) in [6, 6.07) is 9.48. The van der Waals surface area contributed by atoms with Crippen LogP contribution in [0, 0.1) is 6.92 Å². The zero-order valence-electron chi connectivity index (χ0n) is 13.6. The van der Waals surface area contributed by atoms with Crippen molar-refractivity contribution in [3.8, 4) is 0 Å². The normalized spacial score (nSPS) is 22.9. The SMILES string of the molecule is CCC1CNC(CC)(CC)CN1Cc1ccccc1C. The Hall–Kier alpha value is -0.860. The number of benzene rings is 1. The van der Waals surface area contributed by atoms with Crippen molar-refractivity contribution >= 4 is 0 Å². The molecule has 112 valence electrons. The van der Waals surface area contributed by atoms with E-state index in [4.69, 9.17) is 0 Å². The molecule has 2 nitrogen and oxygen atoms in total. The van der Waals surface area contributed by atoms with Gasteiger partial charge in [0.1, 0.15) is 0 Å². The third-order valence-electron chi connectivity index (χ3n) is 5.19. The van der Waals surface area contributed by atoms with Crippen LogP contribution in [0.5, 0.6) is 0 Å². The van der Waals surface area contributed by atoms with Crippen molar-refractivity contribution < 1.29 is 0 Å². The Morgan fingerprint density at radius 2 is 1.90 bits per heavy atom. The summed E-state index contributed by atoms with van der Waals surface area (Å²) in [6.07, 6.45) is 3.65. The third kappa shape index (κ3) is 3.24. The van der Waals surface area contributed by atoms with E-state index in [1.165, 1.54) is 36.9 Å². The van der Waals surface area contributed by atoms with Crippen LogP contribution in [0.1, 0.15) is 51.2 Å². The first-order valence-corrected chi connectivity index (χ1v) is 8.17. The van der Waals surface area contributed by atoms with E-state index in [-0.39, 0.29) is 0 Å². The van der Waals surface area contributed by atoms with Gasteiger partial charge in [0.15, 0.2) is 0 Å². The molecule has 0 bridgehead atoms. The molecule has 1 aliphatic heterocycles. The summed E-state index contributed by atoms with van der Waals surface area (Å²) in [4.78, 5) is 2.70. The van der Waals surface area contributed by atoms with Crippen molar-refractivity contribution in [2.24, 2.45) is 0 Å². The maximum absolute atomic E-state index is 3.82. The molecule has 1 heterocycles. The Labute approximate surface area is 124 Å². The fourth-order valence-electron chi connectivity index (χ4n) is 3.35. The third-order valence-corrected chi connectivity index (χ3v) is 5.19. The highest BCUT2D eigenvalue weighted by molar-refractivity contribution is 5.25. The average Bonchev–Trinajstić information content (AvgIpc) is 2.49. The number of aryl methyl sites for hydroxylation is 1. The second-order valence-electron chi connectivity index (χ2n) is 6.26. The summed E-state index contributed by atoms with van der Waals surface area (Å²) in [7, 11) is 0. The maximum atomic E-state index is 3.82. The van der Waals surface area contributed by atoms with Crippen molar-refractivity contribution in [1.29, 1.82) is 0 Å². The molecule has 0 spiro atoms. The standard InChI is InChI=1S/C18H30N2/c1-5-17-12-19-18(6-2,7-3)14-20(17)13-16-11-9-8-10-15(16)4/h8-11,17,19H,5-7,12-14H2,1-4H3. The van der Waals surface area contributed by atoms with Gasteiger partial charge < -0.3 is 5.32 Å². The van der Waals surface area contributed by atoms with E-state index >= 15 is 0 Å². The van der Waals surface area contributed by atoms with Gasteiger partial charge in [-0.05, 0) is 37.3 Å². The van der Waals surface area contributed by atoms with Gasteiger partial charge in [0.2, 0.25) is 0 Å². The molecule has 1 N–H and O–H groups in total. The number of nitrogens with one attached hydrogen (secondary N) is 1. The molecule has 1 aromatic carbocycles. The number of hydrogen-bond donors (Lipinski definition) is 1. The Kier molecular flexibility index (Phi) is 5.22. The molecule has 1 aromatic rings. The van der Waals surface area contributed by atoms with Crippen molar-refractivity contribution in [3.05, 3.63) is 35.4 Å². The number of piperazine rings is 1. The largest absolute Gasteiger partial charge is 0.308 e. The van der Waals surface area contributed by atoms with Crippen LogP contribution >= 0.6 is 0 Å². The smallest absolute Gasteiger partial charge is 0.0304 e. The minimum absolute atomic E-state index is 0.314. The molecule has 0 amide bonds. The van der Waals surface area contributed by atoms with Gasteiger partial charge in [-0.1, -0.05) is 45.0 Å². The summed E-state index contributed by atoms with van der Waals surface area (Å²) in [5, 5.41) is 3.82. The van der Waals surface area contributed by atoms with Crippen LogP contribution in [0.4, 0.5) is 0 Å². The van der Waals surface area contributed by atoms with E-state index < -0.39 is 0 Å². The quantitative estimate of drug-likeness (QED) is 0.880. The van der Waals surface area contributed by atoms with E-state index in [1.807, 2.05) is 0 Å². The van der Waals surface area contributed by atoms with Crippen LogP contribution in [-0.2, 0) is 6.54 Å². The van der Waals surface area contributed by atoms with Crippen molar-refractivity contribution in [2.45, 2.75) is 65.1 Å². The molecule has 1 fully saturated rings. The van der Waals surface area contributed by atoms with Crippen LogP contribution in [0.25, 0.3) is 0 Å². The predicted octanol–water partition coefficient (Wildman–Crippen LogP) is 3.74. The van der Waals surface area contributed by atoms with Gasteiger partial charge in [0.25, 0.3) is 0 Å². The first-order chi connectivity index (χ1) is 9.64. The summed E-state index contributed by atoms with van der Waals surface area (Å²) in [6.45, 7) is 12.6. The van der Waals surface area contributed by atoms with Crippen LogP contribution in [0.15, 0.2) is 24.3 Å². The molecule has 2 rings (SSSR count). The molecular formula is C18H30N2. The lowest BCUT2D eigenvalue weighted by molar-refractivity contribution is 0.0642. The molecule has 0 radical (unpaired) electrons. The van der Waals surface area contributed by atoms with Crippen LogP contribution < -0.4 is 5.32 Å². The molecular weight excluding hydrogens is 244 g/mol. The van der Waals surface area contributed by atoms with Gasteiger partial charge in [-0.15, -0.1) is 0 Å². The summed E-state index contributed by atoms with van der Waals surface area (Å²) in [5.41, 5.74) is 3.21. The number of rotatable bonds is 5. The molecule has 0 aliphatic carbocycles. The topological polar surface area (TPSA) is 15.3 Å². The van der Waals surface area contributed by atoms with Crippen LogP contribution in [0.3, 0.4) is 0 Å². The molecule has 0 aromatic heterocycles. The highest BCUT2D eigenvalue weighted by Crippen LogP contribution is 2.25. The van der Waals surface area contributed by atoms with Gasteiger partial charge in [-0.25, -0.2) is 0 Å². The molecule has 1 atom stereocenters. The fraction of sp³-hybridized carbons (Fsp3) is 0.667. The molecule has 2 heteroatoms. The van der Waals surface area contributed by atoms with Gasteiger partial charge in [0.05, 0.1) is 0 Å². The first-order valence-electron chi connectivity index (χ1n) is 8.17. The van der Waals surface area contributed by atoms with Gasteiger partial charge in [-0.2, -0.15) is 0 Å². The average molecular weight is 274 g/mol. The Morgan fingerprint density at radius 1 is 1.20 bits per heavy atom. The predicted molar refractivity (Wildman–Crippen MR) is 87.0 cm³/mol. The van der Waals surface area contributed by atoms with Gasteiger partial charge in [0, 0.05) is 31.2 Å². The molecule has 0 saturated carbocycles. The lowest BCUT2D eigenvalue weighted by Gasteiger charge is -2.47. The van der Waals surface area contributed by atoms with E-state index in [0.717, 1.165) is 13.1 Å². The summed E-state index contributed by atoms with van der Waals surface area (Å²) in [5.74, 6) is 0. The number of nitrogens with zero attached hydrogens (tertiary/aromatic N) is 1. The Balaban J connectivity index is 2.15. The minimum Gasteiger partial charge on any atom is -0.308 e. The monoisotopic (exact) mass is 274 g/mol. The molecule has 1 saturated heterocycles. The summed E-state index contributed by atoms with van der Waals surface area (Å²) >= 11 is 0. The highest BCUT2D eigenvalue weighted by Gasteiger charge is 2.35. The molecule has 20 heavy (non-hydrogen) atoms. The zero-order valence-corrected chi connectivity index (χ0v) is 13.6. The number of hydrogen-bond acceptors (Lipinski definition) is 2. The van der Waals surface area contributed by atoms with E-state index in [9.17, 15) is 0 Å². The van der Waals surface area contributed by atoms with Crippen LogP contribution in [0.2, 0.25) is 0 Å². The molecule has 1 unspecified atom stereocenters. The minimum atomic E-state index is 0.314. The van der Waals surface area contributed by atoms with E-state index in [0.29, 0.717) is 11.6 Å². The Bertz CT molecular complexity index is 423. The molecule has 1 aliphatic rings. The lowest BCUT2D eigenvalue weighted by Crippen LogP contribution is -2.63. The van der Waals surface area contributed by atoms with Crippen molar-refractivity contribution in [3.63, 3.8) is 0 Å². The fourth-order valence-corrected chi connectivity index (χ4v) is 3.35. The van der Waals surface area contributed by atoms with Gasteiger partial charge in [-0.3, -0.25) is 4.90 Å². The van der Waals surface area contributed by atoms with Crippen molar-refractivity contribution in [1.82, 2.24) is 10.2 Å². The zero-order chi connectivity index (χ0) is 14.6. The highest BCUT2D eigenvalue weighted by atomic mass is 15.2. The van der Waals surface area contributed by atoms with E-state index in [1.54, 1.807) is 0 Å². The lowest BCUT2D eigenvalue weighted by atomic mass is 9.87. The van der Waals surface area contributed by atoms with Crippen LogP contribution in [-0.4, -0.2) is 29.6 Å².